The van der Waals surface area contributed by atoms with Gasteiger partial charge in [0.2, 0.25) is 0 Å². The second kappa shape index (κ2) is 9.93. The van der Waals surface area contributed by atoms with Crippen molar-refractivity contribution in [2.24, 2.45) is 0 Å². The minimum Gasteiger partial charge on any atom is -0.487 e. The molecular weight excluding hydrogens is 445 g/mol. The Morgan fingerprint density at radius 1 is 1.12 bits per heavy atom. The molecule has 1 amide bonds. The number of halogens is 1. The zero-order valence-electron chi connectivity index (χ0n) is 18.6. The quantitative estimate of drug-likeness (QED) is 0.666. The fourth-order valence-corrected chi connectivity index (χ4v) is 5.31. The molecule has 2 aromatic carbocycles. The number of nitrogens with one attached hydrogen (secondary N) is 1. The van der Waals surface area contributed by atoms with Gasteiger partial charge >= 0.3 is 10.2 Å². The molecule has 0 unspecified atom stereocenters. The summed E-state index contributed by atoms with van der Waals surface area (Å²) in [5.74, 6) is -1.36. The first kappa shape index (κ1) is 23.3. The van der Waals surface area contributed by atoms with Crippen molar-refractivity contribution in [3.63, 3.8) is 0 Å². The lowest BCUT2D eigenvalue weighted by molar-refractivity contribution is -0.117. The Morgan fingerprint density at radius 3 is 2.48 bits per heavy atom. The average Bonchev–Trinajstić information content (AvgIpc) is 3.07. The van der Waals surface area contributed by atoms with Crippen LogP contribution in [-0.2, 0) is 21.6 Å². The van der Waals surface area contributed by atoms with Crippen LogP contribution in [0.5, 0.6) is 5.75 Å². The third-order valence-corrected chi connectivity index (χ3v) is 7.19. The maximum Gasteiger partial charge on any atom is 0.326 e. The largest absolute Gasteiger partial charge is 0.487 e. The molecule has 0 aromatic heterocycles. The number of hydrogen-bond donors (Lipinski definition) is 1. The van der Waals surface area contributed by atoms with Crippen LogP contribution in [0.1, 0.15) is 37.3 Å². The molecule has 4 rings (SSSR count). The molecule has 2 aliphatic heterocycles. The highest BCUT2D eigenvalue weighted by Crippen LogP contribution is 2.37. The number of rotatable bonds is 7. The Kier molecular flexibility index (Phi) is 6.99. The van der Waals surface area contributed by atoms with Gasteiger partial charge in [0, 0.05) is 18.7 Å². The first-order chi connectivity index (χ1) is 15.9. The molecule has 1 N–H and O–H groups in total. The van der Waals surface area contributed by atoms with E-state index in [1.807, 2.05) is 35.1 Å². The van der Waals surface area contributed by atoms with Crippen molar-refractivity contribution in [1.82, 2.24) is 9.62 Å². The van der Waals surface area contributed by atoms with Gasteiger partial charge in [-0.15, -0.1) is 0 Å². The van der Waals surface area contributed by atoms with Crippen LogP contribution in [0.2, 0.25) is 0 Å². The first-order valence-electron chi connectivity index (χ1n) is 11.1. The topological polar surface area (TPSA) is 79.0 Å². The highest BCUT2D eigenvalue weighted by atomic mass is 32.2. The van der Waals surface area contributed by atoms with E-state index >= 15 is 4.39 Å². The van der Waals surface area contributed by atoms with Crippen LogP contribution < -0.4 is 13.8 Å². The molecule has 0 atom stereocenters. The van der Waals surface area contributed by atoms with Gasteiger partial charge in [0.15, 0.2) is 5.82 Å². The Labute approximate surface area is 194 Å². The molecule has 0 aliphatic carbocycles. The van der Waals surface area contributed by atoms with Crippen molar-refractivity contribution in [1.29, 1.82) is 0 Å². The number of ether oxygens (including phenoxy) is 1. The Balaban J connectivity index is 1.66. The third-order valence-electron chi connectivity index (χ3n) is 5.81. The molecule has 2 saturated heterocycles. The number of carbonyl (C=O) groups excluding carboxylic acids is 1. The highest BCUT2D eigenvalue weighted by molar-refractivity contribution is 7.92. The maximum atomic E-state index is 15.8. The zero-order valence-corrected chi connectivity index (χ0v) is 19.4. The summed E-state index contributed by atoms with van der Waals surface area (Å²) in [5, 5.41) is 0. The Bertz CT molecular complexity index is 1140. The van der Waals surface area contributed by atoms with Crippen LogP contribution >= 0.6 is 0 Å². The van der Waals surface area contributed by atoms with E-state index in [0.29, 0.717) is 0 Å². The van der Waals surface area contributed by atoms with Crippen LogP contribution in [-0.4, -0.2) is 45.4 Å². The number of hydrogen-bond acceptors (Lipinski definition) is 5. The molecule has 0 saturated carbocycles. The lowest BCUT2D eigenvalue weighted by Crippen LogP contribution is -2.31. The fourth-order valence-electron chi connectivity index (χ4n) is 4.15. The summed E-state index contributed by atoms with van der Waals surface area (Å²) in [6.45, 7) is 4.68. The smallest absolute Gasteiger partial charge is 0.326 e. The number of piperidine rings is 1. The summed E-state index contributed by atoms with van der Waals surface area (Å²) in [7, 11) is -4.19. The molecule has 0 bridgehead atoms. The fraction of sp³-hybridized carbons (Fsp3) is 0.375. The first-order valence-corrected chi connectivity index (χ1v) is 12.6. The summed E-state index contributed by atoms with van der Waals surface area (Å²) < 4.78 is 49.2. The van der Waals surface area contributed by atoms with Gasteiger partial charge in [0.25, 0.3) is 5.91 Å². The number of amides is 1. The second-order valence-corrected chi connectivity index (χ2v) is 9.87. The Morgan fingerprint density at radius 2 is 1.85 bits per heavy atom. The van der Waals surface area contributed by atoms with Crippen LogP contribution in [0.4, 0.5) is 10.1 Å². The van der Waals surface area contributed by atoms with E-state index in [1.54, 1.807) is 18.2 Å². The van der Waals surface area contributed by atoms with Crippen LogP contribution in [0.15, 0.2) is 48.0 Å². The molecule has 2 heterocycles. The van der Waals surface area contributed by atoms with Crippen molar-refractivity contribution in [2.45, 2.75) is 32.8 Å². The van der Waals surface area contributed by atoms with Crippen LogP contribution in [0.3, 0.4) is 0 Å². The maximum absolute atomic E-state index is 15.8. The monoisotopic (exact) mass is 473 g/mol. The Hall–Kier alpha value is -2.91. The van der Waals surface area contributed by atoms with Crippen LogP contribution in [0, 0.1) is 5.82 Å². The molecule has 0 radical (unpaired) electrons. The SMILES string of the molecule is CCCN1CCC(=Cc2ccc(OCc3ccccc3)c(N3CC(=O)NS3(=O)=O)c2F)CC1. The van der Waals surface area contributed by atoms with E-state index < -0.39 is 28.5 Å². The van der Waals surface area contributed by atoms with Gasteiger partial charge < -0.3 is 9.64 Å². The predicted molar refractivity (Wildman–Crippen MR) is 126 cm³/mol. The molecule has 2 aliphatic rings. The van der Waals surface area contributed by atoms with Crippen molar-refractivity contribution < 1.29 is 22.3 Å². The van der Waals surface area contributed by atoms with Crippen molar-refractivity contribution in [3.8, 4) is 5.75 Å². The van der Waals surface area contributed by atoms with Crippen molar-refractivity contribution in [3.05, 3.63) is 65.0 Å². The van der Waals surface area contributed by atoms with Gasteiger partial charge in [-0.25, -0.2) is 13.4 Å². The molecule has 2 aromatic rings. The molecule has 7 nitrogen and oxygen atoms in total. The second-order valence-electron chi connectivity index (χ2n) is 8.27. The van der Waals surface area contributed by atoms with Gasteiger partial charge in [-0.3, -0.25) is 4.79 Å². The standard InChI is InChI=1S/C24H28FN3O4S/c1-2-12-27-13-10-18(11-14-27)15-20-8-9-21(32-17-19-6-4-3-5-7-19)24(23(20)25)28-16-22(29)26-33(28,30)31/h3-9,15H,2,10-14,16-17H2,1H3,(H,26,29). The number of likely N-dealkylation sites (tertiary alicyclic amines) is 1. The van der Waals surface area contributed by atoms with E-state index in [1.165, 1.54) is 0 Å². The zero-order chi connectivity index (χ0) is 23.4. The lowest BCUT2D eigenvalue weighted by atomic mass is 10.00. The van der Waals surface area contributed by atoms with E-state index in [0.717, 1.165) is 54.3 Å². The minimum atomic E-state index is -4.19. The van der Waals surface area contributed by atoms with Crippen LogP contribution in [0.25, 0.3) is 6.08 Å². The molecule has 33 heavy (non-hydrogen) atoms. The van der Waals surface area contributed by atoms with E-state index in [4.69, 9.17) is 4.74 Å². The number of carbonyl (C=O) groups is 1. The van der Waals surface area contributed by atoms with Gasteiger partial charge in [-0.2, -0.15) is 8.42 Å². The van der Waals surface area contributed by atoms with Gasteiger partial charge in [-0.1, -0.05) is 48.9 Å². The molecule has 9 heteroatoms. The number of nitrogens with zero attached hydrogens (tertiary/aromatic N) is 2. The van der Waals surface area contributed by atoms with Crippen molar-refractivity contribution in [2.75, 3.05) is 30.5 Å². The summed E-state index contributed by atoms with van der Waals surface area (Å²) in [5.41, 5.74) is 2.00. The minimum absolute atomic E-state index is 0.0661. The highest BCUT2D eigenvalue weighted by Gasteiger charge is 2.38. The summed E-state index contributed by atoms with van der Waals surface area (Å²) in [4.78, 5) is 14.2. The van der Waals surface area contributed by atoms with E-state index in [2.05, 4.69) is 11.8 Å². The number of benzene rings is 2. The predicted octanol–water partition coefficient (Wildman–Crippen LogP) is 3.47. The molecular formula is C24H28FN3O4S. The third kappa shape index (κ3) is 5.36. The van der Waals surface area contributed by atoms with Gasteiger partial charge in [-0.05, 0) is 43.5 Å². The average molecular weight is 474 g/mol. The summed E-state index contributed by atoms with van der Waals surface area (Å²) >= 11 is 0. The van der Waals surface area contributed by atoms with E-state index in [-0.39, 0.29) is 23.6 Å². The summed E-state index contributed by atoms with van der Waals surface area (Å²) in [6, 6.07) is 12.5. The molecule has 0 spiro atoms. The van der Waals surface area contributed by atoms with E-state index in [9.17, 15) is 13.2 Å². The molecule has 2 fully saturated rings. The van der Waals surface area contributed by atoms with Gasteiger partial charge in [0.1, 0.15) is 24.6 Å². The normalized spacial score (nSPS) is 18.3. The lowest BCUT2D eigenvalue weighted by Gasteiger charge is -2.28. The van der Waals surface area contributed by atoms with Gasteiger partial charge in [0.05, 0.1) is 0 Å². The summed E-state index contributed by atoms with van der Waals surface area (Å²) in [6.07, 6.45) is 4.56. The van der Waals surface area contributed by atoms with Crippen molar-refractivity contribution >= 4 is 27.9 Å². The number of anilines is 1. The molecule has 176 valence electrons.